The Balaban J connectivity index is 2.53. The molecule has 0 radical (unpaired) electrons. The SMILES string of the molecule is CN1CC(C)(C)CNC1/C=N/O. The minimum atomic E-state index is 0.0722. The molecule has 0 spiro atoms. The second-order valence-electron chi connectivity index (χ2n) is 4.17. The Bertz CT molecular complexity index is 179. The summed E-state index contributed by atoms with van der Waals surface area (Å²) in [5.41, 5.74) is 0.300. The van der Waals surface area contributed by atoms with E-state index in [1.165, 1.54) is 6.21 Å². The van der Waals surface area contributed by atoms with E-state index in [0.29, 0.717) is 5.41 Å². The van der Waals surface area contributed by atoms with Gasteiger partial charge in [-0.3, -0.25) is 10.2 Å². The minimum Gasteiger partial charge on any atom is -0.411 e. The van der Waals surface area contributed by atoms with Gasteiger partial charge in [0.25, 0.3) is 0 Å². The smallest absolute Gasteiger partial charge is 0.0996 e. The Morgan fingerprint density at radius 1 is 1.67 bits per heavy atom. The molecule has 0 aromatic heterocycles. The van der Waals surface area contributed by atoms with Crippen LogP contribution in [0, 0.1) is 5.41 Å². The van der Waals surface area contributed by atoms with Crippen LogP contribution in [0.2, 0.25) is 0 Å². The summed E-state index contributed by atoms with van der Waals surface area (Å²) in [6.07, 6.45) is 1.58. The summed E-state index contributed by atoms with van der Waals surface area (Å²) in [4.78, 5) is 2.13. The van der Waals surface area contributed by atoms with Crippen molar-refractivity contribution in [1.29, 1.82) is 0 Å². The highest BCUT2D eigenvalue weighted by Gasteiger charge is 2.29. The van der Waals surface area contributed by atoms with Crippen molar-refractivity contribution < 1.29 is 5.21 Å². The first-order valence-electron chi connectivity index (χ1n) is 4.16. The summed E-state index contributed by atoms with van der Waals surface area (Å²) >= 11 is 0. The fourth-order valence-corrected chi connectivity index (χ4v) is 1.60. The highest BCUT2D eigenvalue weighted by molar-refractivity contribution is 5.63. The predicted molar refractivity (Wildman–Crippen MR) is 48.5 cm³/mol. The molecule has 1 atom stereocenters. The Morgan fingerprint density at radius 3 is 2.83 bits per heavy atom. The van der Waals surface area contributed by atoms with E-state index in [-0.39, 0.29) is 6.17 Å². The molecule has 4 nitrogen and oxygen atoms in total. The zero-order valence-electron chi connectivity index (χ0n) is 7.91. The Morgan fingerprint density at radius 2 is 2.33 bits per heavy atom. The number of oxime groups is 1. The van der Waals surface area contributed by atoms with Gasteiger partial charge in [-0.25, -0.2) is 0 Å². The maximum Gasteiger partial charge on any atom is 0.0996 e. The van der Waals surface area contributed by atoms with Gasteiger partial charge in [0, 0.05) is 13.1 Å². The van der Waals surface area contributed by atoms with Gasteiger partial charge in [-0.15, -0.1) is 0 Å². The van der Waals surface area contributed by atoms with Crippen molar-refractivity contribution >= 4 is 6.21 Å². The molecule has 4 heteroatoms. The van der Waals surface area contributed by atoms with E-state index in [2.05, 4.69) is 29.2 Å². The molecule has 0 amide bonds. The van der Waals surface area contributed by atoms with Crippen molar-refractivity contribution in [2.75, 3.05) is 20.1 Å². The third kappa shape index (κ3) is 2.19. The molecule has 1 aliphatic heterocycles. The molecule has 0 bridgehead atoms. The second-order valence-corrected chi connectivity index (χ2v) is 4.17. The average molecular weight is 171 g/mol. The van der Waals surface area contributed by atoms with E-state index >= 15 is 0 Å². The molecule has 1 unspecified atom stereocenters. The van der Waals surface area contributed by atoms with Crippen LogP contribution in [0.1, 0.15) is 13.8 Å². The molecular weight excluding hydrogens is 154 g/mol. The van der Waals surface area contributed by atoms with Crippen molar-refractivity contribution in [2.24, 2.45) is 10.6 Å². The summed E-state index contributed by atoms with van der Waals surface area (Å²) in [5, 5.41) is 14.7. The summed E-state index contributed by atoms with van der Waals surface area (Å²) < 4.78 is 0. The average Bonchev–Trinajstić information content (AvgIpc) is 1.94. The van der Waals surface area contributed by atoms with Crippen LogP contribution in [0.5, 0.6) is 0 Å². The lowest BCUT2D eigenvalue weighted by atomic mass is 9.90. The Kier molecular flexibility index (Phi) is 2.69. The van der Waals surface area contributed by atoms with E-state index in [4.69, 9.17) is 5.21 Å². The third-order valence-corrected chi connectivity index (χ3v) is 2.15. The minimum absolute atomic E-state index is 0.0722. The molecule has 0 saturated carbocycles. The van der Waals surface area contributed by atoms with Crippen molar-refractivity contribution in [3.63, 3.8) is 0 Å². The Labute approximate surface area is 73.2 Å². The molecule has 0 aromatic carbocycles. The molecule has 1 fully saturated rings. The Hall–Kier alpha value is -0.610. The summed E-state index contributed by atoms with van der Waals surface area (Å²) in [6, 6.07) is 0. The molecular formula is C8H17N3O. The molecule has 1 rings (SSSR count). The molecule has 0 aliphatic carbocycles. The first-order chi connectivity index (χ1) is 5.55. The maximum absolute atomic E-state index is 8.37. The van der Waals surface area contributed by atoms with Crippen LogP contribution in [0.15, 0.2) is 5.16 Å². The monoisotopic (exact) mass is 171 g/mol. The van der Waals surface area contributed by atoms with Crippen LogP contribution in [0.4, 0.5) is 0 Å². The van der Waals surface area contributed by atoms with Gasteiger partial charge in [0.15, 0.2) is 0 Å². The van der Waals surface area contributed by atoms with Gasteiger partial charge in [-0.05, 0) is 12.5 Å². The van der Waals surface area contributed by atoms with Crippen molar-refractivity contribution in [3.8, 4) is 0 Å². The van der Waals surface area contributed by atoms with E-state index in [9.17, 15) is 0 Å². The number of nitrogens with zero attached hydrogens (tertiary/aromatic N) is 2. The van der Waals surface area contributed by atoms with Crippen LogP contribution < -0.4 is 5.32 Å². The molecule has 12 heavy (non-hydrogen) atoms. The zero-order valence-corrected chi connectivity index (χ0v) is 7.91. The van der Waals surface area contributed by atoms with Crippen molar-refractivity contribution in [2.45, 2.75) is 20.0 Å². The normalized spacial score (nSPS) is 31.1. The molecule has 1 saturated heterocycles. The van der Waals surface area contributed by atoms with Crippen molar-refractivity contribution in [3.05, 3.63) is 0 Å². The quantitative estimate of drug-likeness (QED) is 0.339. The van der Waals surface area contributed by atoms with Crippen LogP contribution in [-0.2, 0) is 0 Å². The fourth-order valence-electron chi connectivity index (χ4n) is 1.60. The number of hydrogen-bond acceptors (Lipinski definition) is 4. The lowest BCUT2D eigenvalue weighted by Gasteiger charge is -2.40. The largest absolute Gasteiger partial charge is 0.411 e. The van der Waals surface area contributed by atoms with E-state index in [1.54, 1.807) is 0 Å². The number of rotatable bonds is 1. The van der Waals surface area contributed by atoms with Gasteiger partial charge in [0.2, 0.25) is 0 Å². The van der Waals surface area contributed by atoms with E-state index < -0.39 is 0 Å². The van der Waals surface area contributed by atoms with E-state index in [0.717, 1.165) is 13.1 Å². The van der Waals surface area contributed by atoms with Gasteiger partial charge in [0.05, 0.1) is 12.4 Å². The molecule has 0 aromatic rings. The van der Waals surface area contributed by atoms with Gasteiger partial charge >= 0.3 is 0 Å². The summed E-state index contributed by atoms with van der Waals surface area (Å²) in [7, 11) is 2.01. The molecule has 1 aliphatic rings. The number of hydrogen-bond donors (Lipinski definition) is 2. The highest BCUT2D eigenvalue weighted by Crippen LogP contribution is 2.19. The number of nitrogens with one attached hydrogen (secondary N) is 1. The van der Waals surface area contributed by atoms with Gasteiger partial charge in [0.1, 0.15) is 0 Å². The third-order valence-electron chi connectivity index (χ3n) is 2.15. The lowest BCUT2D eigenvalue weighted by Crippen LogP contribution is -2.57. The zero-order chi connectivity index (χ0) is 9.19. The van der Waals surface area contributed by atoms with Gasteiger partial charge in [-0.1, -0.05) is 19.0 Å². The predicted octanol–water partition coefficient (Wildman–Crippen LogP) is 0.334. The topological polar surface area (TPSA) is 47.9 Å². The molecule has 2 N–H and O–H groups in total. The molecule has 70 valence electrons. The second kappa shape index (κ2) is 3.41. The van der Waals surface area contributed by atoms with Crippen LogP contribution >= 0.6 is 0 Å². The highest BCUT2D eigenvalue weighted by atomic mass is 16.4. The first-order valence-corrected chi connectivity index (χ1v) is 4.16. The standard InChI is InChI=1S/C8H17N3O/c1-8(2)5-9-7(4-10-12)11(3)6-8/h4,7,9,12H,5-6H2,1-3H3/b10-4+. The van der Waals surface area contributed by atoms with Crippen LogP contribution in [0.3, 0.4) is 0 Å². The van der Waals surface area contributed by atoms with Crippen molar-refractivity contribution in [1.82, 2.24) is 10.2 Å². The first kappa shape index (κ1) is 9.48. The fraction of sp³-hybridized carbons (Fsp3) is 0.875. The maximum atomic E-state index is 8.37. The van der Waals surface area contributed by atoms with Crippen LogP contribution in [-0.4, -0.2) is 42.6 Å². The van der Waals surface area contributed by atoms with Gasteiger partial charge in [-0.2, -0.15) is 0 Å². The summed E-state index contributed by atoms with van der Waals surface area (Å²) in [6.45, 7) is 6.39. The lowest BCUT2D eigenvalue weighted by molar-refractivity contribution is 0.113. The summed E-state index contributed by atoms with van der Waals surface area (Å²) in [5.74, 6) is 0. The van der Waals surface area contributed by atoms with Crippen LogP contribution in [0.25, 0.3) is 0 Å². The molecule has 1 heterocycles. The van der Waals surface area contributed by atoms with E-state index in [1.807, 2.05) is 7.05 Å². The van der Waals surface area contributed by atoms with Gasteiger partial charge < -0.3 is 5.21 Å².